The summed E-state index contributed by atoms with van der Waals surface area (Å²) >= 11 is 7.41. The molecule has 0 saturated heterocycles. The molecule has 1 aliphatic carbocycles. The number of ether oxygens (including phenoxy) is 1. The van der Waals surface area contributed by atoms with Crippen molar-refractivity contribution >= 4 is 45.4 Å². The molecule has 1 amide bonds. The zero-order valence-corrected chi connectivity index (χ0v) is 18.1. The van der Waals surface area contributed by atoms with E-state index in [1.165, 1.54) is 0 Å². The SMILES string of the molecule is C=C(Oc1ccccc1C)C(=O)Nc1scc(C2=CC(Cl)=C(C)CC=C2)c1C(=O)O. The number of para-hydroxylation sites is 1. The van der Waals surface area contributed by atoms with Crippen LogP contribution in [0.1, 0.15) is 34.8 Å². The van der Waals surface area contributed by atoms with Crippen LogP contribution in [0.5, 0.6) is 5.75 Å². The van der Waals surface area contributed by atoms with Gasteiger partial charge in [-0.3, -0.25) is 4.79 Å². The average molecular weight is 442 g/mol. The minimum absolute atomic E-state index is 0.00281. The van der Waals surface area contributed by atoms with Crippen LogP contribution in [0.25, 0.3) is 5.57 Å². The second-order valence-electron chi connectivity index (χ2n) is 6.74. The first-order valence-corrected chi connectivity index (χ1v) is 10.4. The van der Waals surface area contributed by atoms with Gasteiger partial charge in [0.15, 0.2) is 5.76 Å². The van der Waals surface area contributed by atoms with Crippen molar-refractivity contribution in [1.82, 2.24) is 0 Å². The molecule has 3 rings (SSSR count). The highest BCUT2D eigenvalue weighted by Gasteiger charge is 2.23. The van der Waals surface area contributed by atoms with Crippen LogP contribution in [0.4, 0.5) is 5.00 Å². The molecule has 1 aliphatic rings. The number of nitrogens with one attached hydrogen (secondary N) is 1. The largest absolute Gasteiger partial charge is 0.478 e. The number of hydrogen-bond donors (Lipinski definition) is 2. The summed E-state index contributed by atoms with van der Waals surface area (Å²) in [7, 11) is 0. The number of allylic oxidation sites excluding steroid dienone is 6. The van der Waals surface area contributed by atoms with Gasteiger partial charge < -0.3 is 15.2 Å². The molecule has 2 N–H and O–H groups in total. The van der Waals surface area contributed by atoms with Gasteiger partial charge in [-0.05, 0) is 43.5 Å². The van der Waals surface area contributed by atoms with Gasteiger partial charge in [0, 0.05) is 16.0 Å². The van der Waals surface area contributed by atoms with Crippen LogP contribution in [0.15, 0.2) is 70.8 Å². The third-order valence-corrected chi connectivity index (χ3v) is 5.86. The van der Waals surface area contributed by atoms with E-state index in [4.69, 9.17) is 16.3 Å². The van der Waals surface area contributed by atoms with Crippen LogP contribution < -0.4 is 10.1 Å². The lowest BCUT2D eigenvalue weighted by molar-refractivity contribution is -0.114. The number of aryl methyl sites for hydroxylation is 1. The van der Waals surface area contributed by atoms with Crippen LogP contribution in [0, 0.1) is 6.92 Å². The Balaban J connectivity index is 1.86. The first-order valence-electron chi connectivity index (χ1n) is 9.10. The van der Waals surface area contributed by atoms with Crippen molar-refractivity contribution in [1.29, 1.82) is 0 Å². The monoisotopic (exact) mass is 441 g/mol. The molecular weight excluding hydrogens is 422 g/mol. The molecule has 5 nitrogen and oxygen atoms in total. The number of aromatic carboxylic acids is 1. The van der Waals surface area contributed by atoms with Crippen molar-refractivity contribution in [3.8, 4) is 5.75 Å². The highest BCUT2D eigenvalue weighted by atomic mass is 35.5. The summed E-state index contributed by atoms with van der Waals surface area (Å²) < 4.78 is 5.55. The van der Waals surface area contributed by atoms with E-state index in [0.29, 0.717) is 28.3 Å². The zero-order chi connectivity index (χ0) is 21.8. The molecule has 0 bridgehead atoms. The molecule has 7 heteroatoms. The van der Waals surface area contributed by atoms with Gasteiger partial charge in [-0.15, -0.1) is 11.3 Å². The maximum atomic E-state index is 12.6. The van der Waals surface area contributed by atoms with Crippen LogP contribution >= 0.6 is 22.9 Å². The summed E-state index contributed by atoms with van der Waals surface area (Å²) in [5, 5.41) is 14.8. The number of carbonyl (C=O) groups is 2. The smallest absolute Gasteiger partial charge is 0.339 e. The first kappa shape index (κ1) is 21.6. The Hall–Kier alpha value is -3.09. The summed E-state index contributed by atoms with van der Waals surface area (Å²) in [6, 6.07) is 7.22. The Kier molecular flexibility index (Phi) is 6.59. The summed E-state index contributed by atoms with van der Waals surface area (Å²) in [6.07, 6.45) is 6.18. The van der Waals surface area contributed by atoms with Gasteiger partial charge in [0.25, 0.3) is 5.91 Å². The highest BCUT2D eigenvalue weighted by molar-refractivity contribution is 7.15. The Bertz CT molecular complexity index is 1120. The van der Waals surface area contributed by atoms with Gasteiger partial charge in [-0.2, -0.15) is 0 Å². The third kappa shape index (κ3) is 4.72. The molecule has 0 spiro atoms. The fraction of sp³-hybridized carbons (Fsp3) is 0.130. The summed E-state index contributed by atoms with van der Waals surface area (Å²) in [5.41, 5.74) is 2.99. The van der Waals surface area contributed by atoms with Crippen molar-refractivity contribution in [3.05, 3.63) is 87.5 Å². The minimum atomic E-state index is -1.15. The standard InChI is InChI=1S/C23H20ClNO4S/c1-13-8-6-9-16(11-18(13)24)17-12-30-22(20(17)23(27)28)25-21(26)15(3)29-19-10-5-4-7-14(19)2/h4-7,9-12H,3,8H2,1-2H3,(H,25,26)(H,27,28). The quantitative estimate of drug-likeness (QED) is 0.417. The molecule has 0 atom stereocenters. The number of thiophene rings is 1. The molecule has 0 unspecified atom stereocenters. The molecule has 154 valence electrons. The number of anilines is 1. The van der Waals surface area contributed by atoms with Crippen molar-refractivity contribution in [2.24, 2.45) is 0 Å². The Morgan fingerprint density at radius 3 is 2.70 bits per heavy atom. The van der Waals surface area contributed by atoms with E-state index in [-0.39, 0.29) is 16.3 Å². The lowest BCUT2D eigenvalue weighted by atomic mass is 10.0. The number of rotatable bonds is 6. The van der Waals surface area contributed by atoms with E-state index in [9.17, 15) is 14.7 Å². The molecule has 0 saturated carbocycles. The van der Waals surface area contributed by atoms with Gasteiger partial charge >= 0.3 is 5.97 Å². The van der Waals surface area contributed by atoms with E-state index in [1.54, 1.807) is 23.6 Å². The van der Waals surface area contributed by atoms with Gasteiger partial charge in [-0.1, -0.05) is 54.1 Å². The number of amides is 1. The van der Waals surface area contributed by atoms with Gasteiger partial charge in [0.2, 0.25) is 0 Å². The van der Waals surface area contributed by atoms with E-state index in [0.717, 1.165) is 22.5 Å². The molecule has 1 heterocycles. The van der Waals surface area contributed by atoms with Crippen LogP contribution in [-0.2, 0) is 4.79 Å². The number of hydrogen-bond acceptors (Lipinski definition) is 4. The number of halogens is 1. The number of benzene rings is 1. The van der Waals surface area contributed by atoms with Crippen LogP contribution in [-0.4, -0.2) is 17.0 Å². The predicted octanol–water partition coefficient (Wildman–Crippen LogP) is 6.14. The zero-order valence-electron chi connectivity index (χ0n) is 16.5. The Morgan fingerprint density at radius 1 is 1.27 bits per heavy atom. The highest BCUT2D eigenvalue weighted by Crippen LogP contribution is 2.36. The summed E-state index contributed by atoms with van der Waals surface area (Å²) in [4.78, 5) is 24.5. The normalized spacial score (nSPS) is 13.5. The lowest BCUT2D eigenvalue weighted by Crippen LogP contribution is -2.18. The van der Waals surface area contributed by atoms with Crippen LogP contribution in [0.2, 0.25) is 0 Å². The first-order chi connectivity index (χ1) is 14.3. The molecule has 0 fully saturated rings. The lowest BCUT2D eigenvalue weighted by Gasteiger charge is -2.11. The Labute approximate surface area is 183 Å². The second kappa shape index (κ2) is 9.15. The number of carbonyl (C=O) groups excluding carboxylic acids is 1. The van der Waals surface area contributed by atoms with E-state index < -0.39 is 11.9 Å². The van der Waals surface area contributed by atoms with Gasteiger partial charge in [0.05, 0.1) is 0 Å². The van der Waals surface area contributed by atoms with E-state index >= 15 is 0 Å². The molecule has 1 aromatic carbocycles. The maximum absolute atomic E-state index is 12.6. The third-order valence-electron chi connectivity index (χ3n) is 4.53. The Morgan fingerprint density at radius 2 is 2.00 bits per heavy atom. The number of carboxylic acids is 1. The average Bonchev–Trinajstić information content (AvgIpc) is 3.04. The maximum Gasteiger partial charge on any atom is 0.339 e. The van der Waals surface area contributed by atoms with Crippen LogP contribution in [0.3, 0.4) is 0 Å². The second-order valence-corrected chi connectivity index (χ2v) is 8.02. The number of carboxylic acid groups (broad SMARTS) is 1. The summed E-state index contributed by atoms with van der Waals surface area (Å²) in [6.45, 7) is 7.44. The van der Waals surface area contributed by atoms with Gasteiger partial charge in [0.1, 0.15) is 16.3 Å². The van der Waals surface area contributed by atoms with Crippen molar-refractivity contribution < 1.29 is 19.4 Å². The van der Waals surface area contributed by atoms with Gasteiger partial charge in [-0.25, -0.2) is 4.79 Å². The topological polar surface area (TPSA) is 75.6 Å². The van der Waals surface area contributed by atoms with Crippen molar-refractivity contribution in [3.63, 3.8) is 0 Å². The molecule has 2 aromatic rings. The predicted molar refractivity (Wildman–Crippen MR) is 121 cm³/mol. The molecule has 1 aromatic heterocycles. The molecule has 0 radical (unpaired) electrons. The molecular formula is C23H20ClNO4S. The minimum Gasteiger partial charge on any atom is -0.478 e. The van der Waals surface area contributed by atoms with E-state index in [1.807, 2.05) is 38.1 Å². The van der Waals surface area contributed by atoms with Crippen molar-refractivity contribution in [2.45, 2.75) is 20.3 Å². The molecule has 30 heavy (non-hydrogen) atoms. The van der Waals surface area contributed by atoms with E-state index in [2.05, 4.69) is 11.9 Å². The summed E-state index contributed by atoms with van der Waals surface area (Å²) in [5.74, 6) is -1.39. The fourth-order valence-electron chi connectivity index (χ4n) is 2.83. The fourth-order valence-corrected chi connectivity index (χ4v) is 3.98. The van der Waals surface area contributed by atoms with Crippen molar-refractivity contribution in [2.75, 3.05) is 5.32 Å². The molecule has 0 aliphatic heterocycles.